The van der Waals surface area contributed by atoms with Gasteiger partial charge in [-0.3, -0.25) is 14.5 Å². The highest BCUT2D eigenvalue weighted by atomic mass is 16.4. The second-order valence-corrected chi connectivity index (χ2v) is 6.52. The van der Waals surface area contributed by atoms with Crippen LogP contribution in [0.3, 0.4) is 0 Å². The van der Waals surface area contributed by atoms with Crippen LogP contribution in [-0.4, -0.2) is 38.3 Å². The number of carbonyl (C=O) groups excluding carboxylic acids is 1. The average Bonchev–Trinajstić information content (AvgIpc) is 3.08. The van der Waals surface area contributed by atoms with Crippen LogP contribution in [0.15, 0.2) is 42.6 Å². The van der Waals surface area contributed by atoms with Gasteiger partial charge in [0.15, 0.2) is 5.65 Å². The monoisotopic (exact) mass is 366 g/mol. The van der Waals surface area contributed by atoms with Gasteiger partial charge in [-0.15, -0.1) is 0 Å². The number of carboxylic acids is 1. The lowest BCUT2D eigenvalue weighted by atomic mass is 10.1. The third kappa shape index (κ3) is 3.67. The summed E-state index contributed by atoms with van der Waals surface area (Å²) in [6.07, 6.45) is 2.51. The summed E-state index contributed by atoms with van der Waals surface area (Å²) in [6.45, 7) is 5.49. The zero-order chi connectivity index (χ0) is 19.6. The Morgan fingerprint density at radius 2 is 1.96 bits per heavy atom. The first-order valence-electron chi connectivity index (χ1n) is 8.86. The van der Waals surface area contributed by atoms with Gasteiger partial charge in [-0.1, -0.05) is 25.1 Å². The molecule has 0 aliphatic carbocycles. The molecular weight excluding hydrogens is 344 g/mol. The van der Waals surface area contributed by atoms with Crippen LogP contribution < -0.4 is 4.90 Å². The van der Waals surface area contributed by atoms with E-state index in [4.69, 9.17) is 0 Å². The molecule has 0 saturated carbocycles. The number of carbonyl (C=O) groups is 2. The van der Waals surface area contributed by atoms with E-state index in [9.17, 15) is 14.7 Å². The van der Waals surface area contributed by atoms with Crippen molar-refractivity contribution in [1.82, 2.24) is 14.8 Å². The van der Waals surface area contributed by atoms with Crippen LogP contribution in [0.4, 0.5) is 5.69 Å². The van der Waals surface area contributed by atoms with Crippen LogP contribution >= 0.6 is 0 Å². The molecule has 1 N–H and O–H groups in total. The number of anilines is 1. The van der Waals surface area contributed by atoms with Crippen molar-refractivity contribution < 1.29 is 14.7 Å². The fourth-order valence-electron chi connectivity index (χ4n) is 2.98. The second-order valence-electron chi connectivity index (χ2n) is 6.52. The maximum atomic E-state index is 13.3. The summed E-state index contributed by atoms with van der Waals surface area (Å²) in [5, 5.41) is 14.3. The number of aliphatic carboxylic acids is 1. The Bertz CT molecular complexity index is 982. The van der Waals surface area contributed by atoms with Crippen molar-refractivity contribution in [3.63, 3.8) is 0 Å². The molecule has 0 aliphatic heterocycles. The molecule has 3 aromatic rings. The third-order valence-electron chi connectivity index (χ3n) is 4.54. The molecule has 0 spiro atoms. The highest BCUT2D eigenvalue weighted by molar-refractivity contribution is 6.14. The van der Waals surface area contributed by atoms with E-state index in [0.29, 0.717) is 28.0 Å². The number of hydrogen-bond acceptors (Lipinski definition) is 4. The van der Waals surface area contributed by atoms with Crippen LogP contribution in [0.25, 0.3) is 11.0 Å². The lowest BCUT2D eigenvalue weighted by Gasteiger charge is -2.21. The maximum absolute atomic E-state index is 13.3. The van der Waals surface area contributed by atoms with Crippen LogP contribution in [0.1, 0.15) is 42.4 Å². The first-order valence-corrected chi connectivity index (χ1v) is 8.86. The van der Waals surface area contributed by atoms with Gasteiger partial charge in [0, 0.05) is 11.4 Å². The van der Waals surface area contributed by atoms with Crippen molar-refractivity contribution in [3.8, 4) is 0 Å². The first-order chi connectivity index (χ1) is 12.9. The minimum absolute atomic E-state index is 0.143. The van der Waals surface area contributed by atoms with E-state index in [1.807, 2.05) is 24.6 Å². The number of aryl methyl sites for hydroxylation is 1. The number of hydrogen-bond donors (Lipinski definition) is 1. The number of benzene rings is 1. The molecular formula is C20H22N4O3. The lowest BCUT2D eigenvalue weighted by Crippen LogP contribution is -2.35. The van der Waals surface area contributed by atoms with Gasteiger partial charge in [0.05, 0.1) is 23.2 Å². The molecule has 7 nitrogen and oxygen atoms in total. The molecule has 1 unspecified atom stereocenters. The zero-order valence-electron chi connectivity index (χ0n) is 15.6. The van der Waals surface area contributed by atoms with E-state index in [0.717, 1.165) is 6.42 Å². The normalized spacial score (nSPS) is 12.1. The fraction of sp³-hybridized carbons (Fsp3) is 0.300. The quantitative estimate of drug-likeness (QED) is 0.722. The molecule has 1 atom stereocenters. The SMILES string of the molecule is CCC(C)n1ncc2c(C(=O)N(CC(=O)O)c3ccccc3)cc(C)nc21. The molecule has 0 bridgehead atoms. The van der Waals surface area contributed by atoms with Gasteiger partial charge in [-0.25, -0.2) is 9.67 Å². The number of nitrogens with zero attached hydrogens (tertiary/aromatic N) is 4. The Kier molecular flexibility index (Phi) is 5.21. The van der Waals surface area contributed by atoms with Crippen molar-refractivity contribution in [2.24, 2.45) is 0 Å². The predicted molar refractivity (Wildman–Crippen MR) is 103 cm³/mol. The van der Waals surface area contributed by atoms with E-state index in [-0.39, 0.29) is 11.9 Å². The molecule has 7 heteroatoms. The standard InChI is InChI=1S/C20H22N4O3/c1-4-14(3)24-19-17(11-21-24)16(10-13(2)22-19)20(27)23(12-18(25)26)15-8-6-5-7-9-15/h5-11,14H,4,12H2,1-3H3,(H,25,26). The molecule has 2 heterocycles. The number of amides is 1. The highest BCUT2D eigenvalue weighted by Gasteiger charge is 2.24. The Morgan fingerprint density at radius 1 is 1.26 bits per heavy atom. The van der Waals surface area contributed by atoms with Crippen molar-refractivity contribution >= 4 is 28.6 Å². The Balaban J connectivity index is 2.13. The summed E-state index contributed by atoms with van der Waals surface area (Å²) in [4.78, 5) is 30.5. The number of fused-ring (bicyclic) bond motifs is 1. The van der Waals surface area contributed by atoms with E-state index < -0.39 is 12.5 Å². The third-order valence-corrected chi connectivity index (χ3v) is 4.54. The van der Waals surface area contributed by atoms with Gasteiger partial charge in [-0.2, -0.15) is 5.10 Å². The molecule has 0 saturated heterocycles. The topological polar surface area (TPSA) is 88.3 Å². The summed E-state index contributed by atoms with van der Waals surface area (Å²) in [6, 6.07) is 10.6. The van der Waals surface area contributed by atoms with E-state index in [1.165, 1.54) is 4.90 Å². The molecule has 1 amide bonds. The highest BCUT2D eigenvalue weighted by Crippen LogP contribution is 2.25. The molecule has 1 aromatic carbocycles. The zero-order valence-corrected chi connectivity index (χ0v) is 15.6. The Morgan fingerprint density at radius 3 is 2.59 bits per heavy atom. The maximum Gasteiger partial charge on any atom is 0.323 e. The minimum Gasteiger partial charge on any atom is -0.480 e. The van der Waals surface area contributed by atoms with E-state index in [2.05, 4.69) is 17.0 Å². The number of pyridine rings is 1. The predicted octanol–water partition coefficient (Wildman–Crippen LogP) is 3.44. The van der Waals surface area contributed by atoms with Gasteiger partial charge in [-0.05, 0) is 38.5 Å². The van der Waals surface area contributed by atoms with Gasteiger partial charge >= 0.3 is 5.97 Å². The van der Waals surface area contributed by atoms with Crippen molar-refractivity contribution in [3.05, 3.63) is 53.9 Å². The van der Waals surface area contributed by atoms with Crippen molar-refractivity contribution in [1.29, 1.82) is 0 Å². The average molecular weight is 366 g/mol. The van der Waals surface area contributed by atoms with E-state index in [1.54, 1.807) is 36.5 Å². The van der Waals surface area contributed by atoms with Crippen molar-refractivity contribution in [2.45, 2.75) is 33.2 Å². The Labute approximate surface area is 157 Å². The Hall–Kier alpha value is -3.22. The summed E-state index contributed by atoms with van der Waals surface area (Å²) < 4.78 is 1.81. The van der Waals surface area contributed by atoms with Crippen LogP contribution in [0, 0.1) is 6.92 Å². The summed E-state index contributed by atoms with van der Waals surface area (Å²) in [7, 11) is 0. The summed E-state index contributed by atoms with van der Waals surface area (Å²) >= 11 is 0. The van der Waals surface area contributed by atoms with Gasteiger partial charge in [0.1, 0.15) is 6.54 Å². The first kappa shape index (κ1) is 18.6. The largest absolute Gasteiger partial charge is 0.480 e. The molecule has 2 aromatic heterocycles. The fourth-order valence-corrected chi connectivity index (χ4v) is 2.98. The number of para-hydroxylation sites is 1. The molecule has 27 heavy (non-hydrogen) atoms. The summed E-state index contributed by atoms with van der Waals surface area (Å²) in [5.41, 5.74) is 2.24. The van der Waals surface area contributed by atoms with Crippen LogP contribution in [-0.2, 0) is 4.79 Å². The van der Waals surface area contributed by atoms with Gasteiger partial charge in [0.25, 0.3) is 5.91 Å². The molecule has 140 valence electrons. The number of aromatic nitrogens is 3. The van der Waals surface area contributed by atoms with Crippen LogP contribution in [0.2, 0.25) is 0 Å². The van der Waals surface area contributed by atoms with E-state index >= 15 is 0 Å². The van der Waals surface area contributed by atoms with Gasteiger partial charge in [0.2, 0.25) is 0 Å². The molecule has 0 radical (unpaired) electrons. The number of carboxylic acid groups (broad SMARTS) is 1. The van der Waals surface area contributed by atoms with Crippen LogP contribution in [0.5, 0.6) is 0 Å². The lowest BCUT2D eigenvalue weighted by molar-refractivity contribution is -0.135. The van der Waals surface area contributed by atoms with Gasteiger partial charge < -0.3 is 5.11 Å². The number of rotatable bonds is 6. The smallest absolute Gasteiger partial charge is 0.323 e. The van der Waals surface area contributed by atoms with Crippen molar-refractivity contribution in [2.75, 3.05) is 11.4 Å². The summed E-state index contributed by atoms with van der Waals surface area (Å²) in [5.74, 6) is -1.47. The molecule has 0 fully saturated rings. The second kappa shape index (κ2) is 7.57. The molecule has 0 aliphatic rings. The minimum atomic E-state index is -1.08. The molecule has 3 rings (SSSR count).